The maximum atomic E-state index is 16.8. The fourth-order valence-corrected chi connectivity index (χ4v) is 9.10. The first-order valence-corrected chi connectivity index (χ1v) is 16.2. The molecular weight excluding hydrogens is 550 g/mol. The molecule has 8 nitrogen and oxygen atoms in total. The summed E-state index contributed by atoms with van der Waals surface area (Å²) in [5.41, 5.74) is 2.96. The highest BCUT2D eigenvalue weighted by molar-refractivity contribution is 5.92. The number of phenolic OH excluding ortho intramolecular Hbond substituents is 1. The quantitative estimate of drug-likeness (QED) is 0.422. The first-order valence-electron chi connectivity index (χ1n) is 16.2. The number of aromatic hydroxyl groups is 1. The number of benzene rings is 1. The SMILES string of the molecule is Oc1cc2c(c(-c3ncc4c(N5C[C@H]6CC[C@@H](C5)N6)nc(OC[C@@]56CCCN5C[C@H](F)C6)nc4c3F)c1)C(C1CC1)CC2. The van der Waals surface area contributed by atoms with Crippen LogP contribution in [-0.4, -0.2) is 81.5 Å². The molecule has 0 amide bonds. The molecule has 1 aromatic carbocycles. The first kappa shape index (κ1) is 26.3. The number of piperazine rings is 1. The zero-order valence-electron chi connectivity index (χ0n) is 24.4. The van der Waals surface area contributed by atoms with Gasteiger partial charge in [-0.3, -0.25) is 9.88 Å². The number of hydrogen-bond acceptors (Lipinski definition) is 8. The Labute approximate surface area is 249 Å². The number of phenols is 1. The average molecular weight is 589 g/mol. The largest absolute Gasteiger partial charge is 0.508 e. The maximum Gasteiger partial charge on any atom is 0.319 e. The maximum absolute atomic E-state index is 16.8. The van der Waals surface area contributed by atoms with Crippen LogP contribution in [0.2, 0.25) is 0 Å². The molecule has 2 N–H and O–H groups in total. The van der Waals surface area contributed by atoms with Crippen LogP contribution in [0.3, 0.4) is 0 Å². The van der Waals surface area contributed by atoms with Crippen LogP contribution >= 0.6 is 0 Å². The predicted molar refractivity (Wildman–Crippen MR) is 159 cm³/mol. The molecule has 1 unspecified atom stereocenters. The van der Waals surface area contributed by atoms with Gasteiger partial charge in [0.2, 0.25) is 0 Å². The van der Waals surface area contributed by atoms with E-state index in [1.807, 2.05) is 6.07 Å². The van der Waals surface area contributed by atoms with Crippen LogP contribution in [0.1, 0.15) is 68.4 Å². The van der Waals surface area contributed by atoms with Crippen molar-refractivity contribution in [1.29, 1.82) is 0 Å². The summed E-state index contributed by atoms with van der Waals surface area (Å²) in [5, 5.41) is 14.9. The van der Waals surface area contributed by atoms with E-state index >= 15 is 4.39 Å². The molecule has 2 aliphatic carbocycles. The molecule has 10 heteroatoms. The summed E-state index contributed by atoms with van der Waals surface area (Å²) in [6.07, 6.45) is 9.72. The number of nitrogens with one attached hydrogen (secondary N) is 1. The van der Waals surface area contributed by atoms with Gasteiger partial charge in [-0.25, -0.2) is 8.78 Å². The van der Waals surface area contributed by atoms with Gasteiger partial charge in [0, 0.05) is 49.9 Å². The Kier molecular flexibility index (Phi) is 5.93. The van der Waals surface area contributed by atoms with Gasteiger partial charge in [-0.15, -0.1) is 0 Å². The highest BCUT2D eigenvalue weighted by Gasteiger charge is 2.49. The van der Waals surface area contributed by atoms with Gasteiger partial charge in [0.15, 0.2) is 5.82 Å². The van der Waals surface area contributed by atoms with Gasteiger partial charge < -0.3 is 20.1 Å². The summed E-state index contributed by atoms with van der Waals surface area (Å²) in [4.78, 5) is 18.7. The van der Waals surface area contributed by atoms with Gasteiger partial charge in [0.25, 0.3) is 0 Å². The number of anilines is 1. The Morgan fingerprint density at radius 1 is 1.07 bits per heavy atom. The van der Waals surface area contributed by atoms with Crippen LogP contribution in [0.25, 0.3) is 22.2 Å². The Morgan fingerprint density at radius 3 is 2.72 bits per heavy atom. The van der Waals surface area contributed by atoms with E-state index in [1.165, 1.54) is 12.8 Å². The van der Waals surface area contributed by atoms with Gasteiger partial charge in [-0.05, 0) is 93.0 Å². The Bertz CT molecular complexity index is 1600. The summed E-state index contributed by atoms with van der Waals surface area (Å²) in [6, 6.07) is 4.37. The first-order chi connectivity index (χ1) is 20.9. The summed E-state index contributed by atoms with van der Waals surface area (Å²) in [5.74, 6) is 1.27. The number of rotatable bonds is 6. The second kappa shape index (κ2) is 9.69. The van der Waals surface area contributed by atoms with E-state index in [2.05, 4.69) is 20.1 Å². The standard InChI is InChI=1S/C33H38F2N6O2/c34-20-12-33(8-1-9-41(33)14-20)17-43-32-38-30-26(31(39-32)40-15-21-5-6-22(16-40)37-21)13-36-29(28(30)35)25-11-23(42)10-19-4-7-24(27(19)25)18-2-3-18/h10-11,13,18,20-22,24,37,42H,1-9,12,14-17H2/t20-,21-,22+,24?,33+/m1/s1. The normalized spacial score (nSPS) is 31.6. The topological polar surface area (TPSA) is 86.6 Å². The van der Waals surface area contributed by atoms with Crippen LogP contribution in [0, 0.1) is 11.7 Å². The second-order valence-corrected chi connectivity index (χ2v) is 14.0. The molecule has 5 fully saturated rings. The number of ether oxygens (including phenoxy) is 1. The van der Waals surface area contributed by atoms with Crippen molar-refractivity contribution in [3.05, 3.63) is 35.3 Å². The zero-order chi connectivity index (χ0) is 28.9. The minimum atomic E-state index is -0.858. The molecule has 43 heavy (non-hydrogen) atoms. The minimum absolute atomic E-state index is 0.130. The summed E-state index contributed by atoms with van der Waals surface area (Å²) < 4.78 is 37.6. The zero-order valence-corrected chi connectivity index (χ0v) is 24.4. The molecule has 0 spiro atoms. The predicted octanol–water partition coefficient (Wildman–Crippen LogP) is 4.87. The lowest BCUT2D eigenvalue weighted by molar-refractivity contribution is 0.107. The highest BCUT2D eigenvalue weighted by Crippen LogP contribution is 2.53. The van der Waals surface area contributed by atoms with Crippen LogP contribution in [0.15, 0.2) is 18.3 Å². The van der Waals surface area contributed by atoms with E-state index < -0.39 is 12.0 Å². The van der Waals surface area contributed by atoms with Crippen molar-refractivity contribution in [2.45, 2.75) is 87.5 Å². The van der Waals surface area contributed by atoms with Gasteiger partial charge >= 0.3 is 6.01 Å². The third-order valence-electron chi connectivity index (χ3n) is 11.2. The van der Waals surface area contributed by atoms with Crippen molar-refractivity contribution < 1.29 is 18.6 Å². The average Bonchev–Trinajstić information content (AvgIpc) is 3.32. The number of fused-ring (bicyclic) bond motifs is 5. The molecule has 4 saturated heterocycles. The van der Waals surface area contributed by atoms with E-state index in [0.29, 0.717) is 53.7 Å². The lowest BCUT2D eigenvalue weighted by Gasteiger charge is -2.34. The van der Waals surface area contributed by atoms with Crippen molar-refractivity contribution in [1.82, 2.24) is 25.2 Å². The molecule has 2 bridgehead atoms. The molecular formula is C33H38F2N6O2. The van der Waals surface area contributed by atoms with Crippen molar-refractivity contribution in [3.63, 3.8) is 0 Å². The van der Waals surface area contributed by atoms with E-state index in [0.717, 1.165) is 69.3 Å². The van der Waals surface area contributed by atoms with E-state index in [4.69, 9.17) is 14.7 Å². The molecule has 6 aliphatic rings. The van der Waals surface area contributed by atoms with E-state index in [1.54, 1.807) is 12.3 Å². The molecule has 9 rings (SSSR count). The Balaban J connectivity index is 1.15. The number of alkyl halides is 1. The van der Waals surface area contributed by atoms with Gasteiger partial charge in [0.1, 0.15) is 35.6 Å². The lowest BCUT2D eigenvalue weighted by atomic mass is 9.90. The van der Waals surface area contributed by atoms with Crippen molar-refractivity contribution in [2.75, 3.05) is 37.7 Å². The van der Waals surface area contributed by atoms with E-state index in [9.17, 15) is 9.50 Å². The lowest BCUT2D eigenvalue weighted by Crippen LogP contribution is -2.51. The summed E-state index contributed by atoms with van der Waals surface area (Å²) >= 11 is 0. The molecule has 4 aliphatic heterocycles. The Morgan fingerprint density at radius 2 is 1.91 bits per heavy atom. The molecule has 1 saturated carbocycles. The number of pyridine rings is 1. The summed E-state index contributed by atoms with van der Waals surface area (Å²) in [7, 11) is 0. The van der Waals surface area contributed by atoms with E-state index in [-0.39, 0.29) is 35.1 Å². The second-order valence-electron chi connectivity index (χ2n) is 14.0. The number of halogens is 2. The van der Waals surface area contributed by atoms with Crippen LogP contribution < -0.4 is 15.0 Å². The molecule has 3 aromatic rings. The summed E-state index contributed by atoms with van der Waals surface area (Å²) in [6.45, 7) is 3.15. The fraction of sp³-hybridized carbons (Fsp3) is 0.606. The minimum Gasteiger partial charge on any atom is -0.508 e. The number of nitrogens with zero attached hydrogens (tertiary/aromatic N) is 5. The van der Waals surface area contributed by atoms with Crippen molar-refractivity contribution in [2.24, 2.45) is 5.92 Å². The number of hydrogen-bond donors (Lipinski definition) is 2. The molecule has 5 atom stereocenters. The number of aromatic nitrogens is 3. The third kappa shape index (κ3) is 4.30. The molecule has 6 heterocycles. The van der Waals surface area contributed by atoms with Crippen LogP contribution in [0.5, 0.6) is 11.8 Å². The molecule has 2 aromatic heterocycles. The smallest absolute Gasteiger partial charge is 0.319 e. The van der Waals surface area contributed by atoms with Gasteiger partial charge in [0.05, 0.1) is 10.9 Å². The van der Waals surface area contributed by atoms with Gasteiger partial charge in [-0.2, -0.15) is 9.97 Å². The Hall–Kier alpha value is -3.11. The molecule has 226 valence electrons. The molecule has 0 radical (unpaired) electrons. The number of aryl methyl sites for hydroxylation is 1. The van der Waals surface area contributed by atoms with Crippen LogP contribution in [0.4, 0.5) is 14.6 Å². The monoisotopic (exact) mass is 588 g/mol. The fourth-order valence-electron chi connectivity index (χ4n) is 9.10. The van der Waals surface area contributed by atoms with Gasteiger partial charge in [-0.1, -0.05) is 0 Å². The van der Waals surface area contributed by atoms with Crippen molar-refractivity contribution in [3.8, 4) is 23.0 Å². The van der Waals surface area contributed by atoms with Crippen molar-refractivity contribution >= 4 is 16.7 Å². The third-order valence-corrected chi connectivity index (χ3v) is 11.2. The highest BCUT2D eigenvalue weighted by atomic mass is 19.1. The van der Waals surface area contributed by atoms with Crippen LogP contribution in [-0.2, 0) is 6.42 Å².